The molecule has 0 amide bonds. The van der Waals surface area contributed by atoms with Gasteiger partial charge in [-0.2, -0.15) is 0 Å². The van der Waals surface area contributed by atoms with Crippen molar-refractivity contribution in [1.29, 1.82) is 0 Å². The molecular weight excluding hydrogens is 539 g/mol. The van der Waals surface area contributed by atoms with Gasteiger partial charge < -0.3 is 13.7 Å². The highest BCUT2D eigenvalue weighted by atomic mass is 16.7. The Kier molecular flexibility index (Phi) is 4.99. The smallest absolute Gasteiger partial charge is 0.456 e. The number of furan rings is 1. The molecule has 6 aliphatic rings. The minimum absolute atomic E-state index is 0.215. The Labute approximate surface area is 260 Å². The average molecular weight is 579 g/mol. The topological polar surface area (TPSA) is 31.6 Å². The van der Waals surface area contributed by atoms with E-state index >= 15 is 0 Å². The van der Waals surface area contributed by atoms with Gasteiger partial charge in [0.2, 0.25) is 0 Å². The van der Waals surface area contributed by atoms with Crippen molar-refractivity contribution in [2.75, 3.05) is 0 Å². The molecule has 220 valence electrons. The minimum atomic E-state index is -0.396. The van der Waals surface area contributed by atoms with Crippen molar-refractivity contribution in [1.82, 2.24) is 0 Å². The Morgan fingerprint density at radius 3 is 1.91 bits per heavy atom. The number of hydrogen-bond donors (Lipinski definition) is 0. The van der Waals surface area contributed by atoms with Crippen LogP contribution in [0.4, 0.5) is 0 Å². The first-order chi connectivity index (χ1) is 21.2. The van der Waals surface area contributed by atoms with Crippen LogP contribution in [0.1, 0.15) is 70.9 Å². The van der Waals surface area contributed by atoms with Crippen LogP contribution in [-0.4, -0.2) is 18.3 Å². The molecule has 4 bridgehead atoms. The van der Waals surface area contributed by atoms with Gasteiger partial charge in [-0.3, -0.25) is 0 Å². The summed E-state index contributed by atoms with van der Waals surface area (Å²) in [5.74, 6) is 3.50. The summed E-state index contributed by atoms with van der Waals surface area (Å²) in [6, 6.07) is 29.8. The molecule has 11 rings (SSSR count). The fraction of sp³-hybridized carbons (Fsp3) is 0.400. The largest absolute Gasteiger partial charge is 0.494 e. The monoisotopic (exact) mass is 578 g/mol. The molecule has 1 aliphatic heterocycles. The molecule has 1 saturated heterocycles. The van der Waals surface area contributed by atoms with Crippen LogP contribution in [0.25, 0.3) is 44.2 Å². The van der Waals surface area contributed by atoms with Crippen LogP contribution >= 0.6 is 0 Å². The second-order valence-corrected chi connectivity index (χ2v) is 15.6. The fourth-order valence-corrected chi connectivity index (χ4v) is 10.4. The zero-order valence-corrected chi connectivity index (χ0v) is 26.2. The Balaban J connectivity index is 1.08. The van der Waals surface area contributed by atoms with Crippen molar-refractivity contribution in [3.8, 4) is 22.3 Å². The van der Waals surface area contributed by atoms with Crippen LogP contribution in [0.3, 0.4) is 0 Å². The molecule has 5 aliphatic carbocycles. The van der Waals surface area contributed by atoms with Crippen LogP contribution in [0.15, 0.2) is 83.3 Å². The summed E-state index contributed by atoms with van der Waals surface area (Å²) in [6.07, 6.45) is 7.16. The molecule has 44 heavy (non-hydrogen) atoms. The van der Waals surface area contributed by atoms with Crippen LogP contribution in [0, 0.1) is 23.7 Å². The molecule has 5 aromatic rings. The lowest BCUT2D eigenvalue weighted by molar-refractivity contribution is -0.0399. The summed E-state index contributed by atoms with van der Waals surface area (Å²) in [4.78, 5) is 0. The maximum atomic E-state index is 6.38. The second kappa shape index (κ2) is 8.47. The Hall–Kier alpha value is -3.34. The average Bonchev–Trinajstić information content (AvgIpc) is 3.59. The van der Waals surface area contributed by atoms with Crippen LogP contribution in [-0.2, 0) is 14.7 Å². The highest BCUT2D eigenvalue weighted by Crippen LogP contribution is 2.69. The summed E-state index contributed by atoms with van der Waals surface area (Å²) in [7, 11) is -0.396. The van der Waals surface area contributed by atoms with Gasteiger partial charge in [0.1, 0.15) is 11.2 Å². The van der Waals surface area contributed by atoms with E-state index in [2.05, 4.69) is 107 Å². The van der Waals surface area contributed by atoms with E-state index < -0.39 is 7.12 Å². The van der Waals surface area contributed by atoms with Crippen LogP contribution in [0.2, 0.25) is 0 Å². The SMILES string of the molecule is CC1(C)OB(c2ccc3oc4ccc(-c5ccc6c(c5)-c5ccccc5C65C6CC7CC(C6)CC5C7)cc4c3c2)OC1(C)C. The summed E-state index contributed by atoms with van der Waals surface area (Å²) < 4.78 is 19.1. The maximum Gasteiger partial charge on any atom is 0.494 e. The first kappa shape index (κ1) is 25.9. The molecular formula is C40H39BO3. The zero-order valence-electron chi connectivity index (χ0n) is 26.2. The second-order valence-electron chi connectivity index (χ2n) is 15.6. The van der Waals surface area contributed by atoms with Gasteiger partial charge in [-0.15, -0.1) is 0 Å². The Morgan fingerprint density at radius 1 is 0.591 bits per heavy atom. The van der Waals surface area contributed by atoms with Gasteiger partial charge in [0, 0.05) is 16.2 Å². The normalized spacial score (nSPS) is 30.5. The summed E-state index contributed by atoms with van der Waals surface area (Å²) in [5.41, 5.74) is 11.0. The van der Waals surface area contributed by atoms with Crippen molar-refractivity contribution >= 4 is 34.5 Å². The molecule has 1 spiro atoms. The standard InChI is InChI=1S/C40H39BO3/c1-38(2)39(3,4)44-41(43-38)29-11-14-37-33(22-29)32-21-26(10-13-36(32)42-37)25-9-12-35-31(20-25)30-7-5-6-8-34(30)40(35)27-16-23-15-24(18-27)19-28(40)17-23/h5-14,20-24,27-28H,15-19H2,1-4H3. The van der Waals surface area contributed by atoms with E-state index in [1.807, 2.05) is 0 Å². The zero-order chi connectivity index (χ0) is 29.6. The third-order valence-corrected chi connectivity index (χ3v) is 12.9. The van der Waals surface area contributed by atoms with Crippen molar-refractivity contribution in [3.05, 3.63) is 90.0 Å². The van der Waals surface area contributed by atoms with Crippen molar-refractivity contribution in [3.63, 3.8) is 0 Å². The first-order valence-corrected chi connectivity index (χ1v) is 16.8. The molecule has 5 fully saturated rings. The first-order valence-electron chi connectivity index (χ1n) is 16.8. The van der Waals surface area contributed by atoms with Crippen LogP contribution in [0.5, 0.6) is 0 Å². The van der Waals surface area contributed by atoms with Gasteiger partial charge >= 0.3 is 7.12 Å². The lowest BCUT2D eigenvalue weighted by Crippen LogP contribution is -2.55. The fourth-order valence-electron chi connectivity index (χ4n) is 10.4. The number of fused-ring (bicyclic) bond motifs is 6. The maximum absolute atomic E-state index is 6.38. The molecule has 0 unspecified atom stereocenters. The lowest BCUT2D eigenvalue weighted by atomic mass is 9.43. The number of hydrogen-bond acceptors (Lipinski definition) is 3. The van der Waals surface area contributed by atoms with E-state index in [1.54, 1.807) is 11.1 Å². The van der Waals surface area contributed by atoms with Crippen molar-refractivity contribution in [2.24, 2.45) is 23.7 Å². The van der Waals surface area contributed by atoms with Crippen LogP contribution < -0.4 is 5.46 Å². The molecule has 3 nitrogen and oxygen atoms in total. The van der Waals surface area contributed by atoms with Gasteiger partial charge in [0.05, 0.1) is 11.2 Å². The summed E-state index contributed by atoms with van der Waals surface area (Å²) in [5, 5.41) is 2.24. The van der Waals surface area contributed by atoms with Gasteiger partial charge in [0.25, 0.3) is 0 Å². The summed E-state index contributed by atoms with van der Waals surface area (Å²) >= 11 is 0. The third kappa shape index (κ3) is 3.26. The molecule has 4 aromatic carbocycles. The lowest BCUT2D eigenvalue weighted by Gasteiger charge is -2.61. The Bertz CT molecular complexity index is 1970. The number of rotatable bonds is 2. The summed E-state index contributed by atoms with van der Waals surface area (Å²) in [6.45, 7) is 8.41. The predicted octanol–water partition coefficient (Wildman–Crippen LogP) is 9.27. The molecule has 4 saturated carbocycles. The predicted molar refractivity (Wildman–Crippen MR) is 178 cm³/mol. The van der Waals surface area contributed by atoms with E-state index in [4.69, 9.17) is 13.7 Å². The molecule has 4 heteroatoms. The van der Waals surface area contributed by atoms with E-state index in [9.17, 15) is 0 Å². The molecule has 0 atom stereocenters. The molecule has 0 radical (unpaired) electrons. The van der Waals surface area contributed by atoms with E-state index in [0.717, 1.165) is 51.1 Å². The minimum Gasteiger partial charge on any atom is -0.456 e. The molecule has 0 N–H and O–H groups in total. The van der Waals surface area contributed by atoms with Crippen molar-refractivity contribution < 1.29 is 13.7 Å². The highest BCUT2D eigenvalue weighted by Gasteiger charge is 2.61. The van der Waals surface area contributed by atoms with Gasteiger partial charge in [-0.1, -0.05) is 54.6 Å². The van der Waals surface area contributed by atoms with Gasteiger partial charge in [-0.25, -0.2) is 0 Å². The quantitative estimate of drug-likeness (QED) is 0.196. The van der Waals surface area contributed by atoms with E-state index in [0.29, 0.717) is 0 Å². The Morgan fingerprint density at radius 2 is 1.18 bits per heavy atom. The third-order valence-electron chi connectivity index (χ3n) is 12.9. The van der Waals surface area contributed by atoms with E-state index in [1.165, 1.54) is 54.4 Å². The number of benzene rings is 4. The van der Waals surface area contributed by atoms with Crippen molar-refractivity contribution in [2.45, 2.75) is 76.4 Å². The molecule has 2 heterocycles. The molecule has 1 aromatic heterocycles. The van der Waals surface area contributed by atoms with Gasteiger partial charge in [-0.05, 0) is 147 Å². The van der Waals surface area contributed by atoms with Gasteiger partial charge in [0.15, 0.2) is 0 Å². The van der Waals surface area contributed by atoms with E-state index in [-0.39, 0.29) is 16.6 Å². The highest BCUT2D eigenvalue weighted by molar-refractivity contribution is 6.62.